The second kappa shape index (κ2) is 7.75. The Morgan fingerprint density at radius 2 is 2.10 bits per heavy atom. The van der Waals surface area contributed by atoms with Crippen LogP contribution in [0.25, 0.3) is 5.76 Å². The molecule has 1 N–H and O–H groups in total. The zero-order valence-corrected chi connectivity index (χ0v) is 16.4. The highest BCUT2D eigenvalue weighted by Crippen LogP contribution is 2.40. The monoisotopic (exact) mass is 397 g/mol. The third-order valence-corrected chi connectivity index (χ3v) is 5.29. The van der Waals surface area contributed by atoms with Gasteiger partial charge in [-0.3, -0.25) is 9.59 Å². The highest BCUT2D eigenvalue weighted by Gasteiger charge is 2.47. The predicted octanol–water partition coefficient (Wildman–Crippen LogP) is 2.98. The number of amides is 1. The maximum Gasteiger partial charge on any atom is 0.295 e. The number of aryl methyl sites for hydroxylation is 2. The molecule has 1 atom stereocenters. The summed E-state index contributed by atoms with van der Waals surface area (Å²) < 4.78 is 16.4. The van der Waals surface area contributed by atoms with Gasteiger partial charge in [0, 0.05) is 19.2 Å². The second-order valence-electron chi connectivity index (χ2n) is 7.21. The molecule has 1 aromatic heterocycles. The van der Waals surface area contributed by atoms with E-state index < -0.39 is 17.7 Å². The van der Waals surface area contributed by atoms with E-state index in [1.165, 1.54) is 12.0 Å². The third-order valence-electron chi connectivity index (χ3n) is 5.29. The number of aliphatic hydroxyl groups is 1. The van der Waals surface area contributed by atoms with E-state index in [0.29, 0.717) is 23.7 Å². The topological polar surface area (TPSA) is 89.2 Å². The van der Waals surface area contributed by atoms with Crippen molar-refractivity contribution in [2.45, 2.75) is 25.8 Å². The Hall–Kier alpha value is -3.06. The Morgan fingerprint density at radius 3 is 2.83 bits per heavy atom. The van der Waals surface area contributed by atoms with Crippen molar-refractivity contribution in [1.29, 1.82) is 0 Å². The van der Waals surface area contributed by atoms with Gasteiger partial charge in [-0.1, -0.05) is 0 Å². The number of Topliss-reactive ketones (excluding diaryl/α,β-unsaturated/α-hetero) is 1. The minimum Gasteiger partial charge on any atom is -0.507 e. The van der Waals surface area contributed by atoms with Gasteiger partial charge >= 0.3 is 0 Å². The van der Waals surface area contributed by atoms with Crippen molar-refractivity contribution < 1.29 is 28.6 Å². The molecule has 152 valence electrons. The lowest BCUT2D eigenvalue weighted by Gasteiger charge is -2.23. The molecule has 1 unspecified atom stereocenters. The van der Waals surface area contributed by atoms with Crippen molar-refractivity contribution in [3.05, 3.63) is 58.6 Å². The third kappa shape index (κ3) is 3.42. The molecular formula is C22H23NO6. The molecule has 1 aromatic carbocycles. The number of ketones is 1. The summed E-state index contributed by atoms with van der Waals surface area (Å²) in [6.45, 7) is 2.93. The Morgan fingerprint density at radius 1 is 1.28 bits per heavy atom. The van der Waals surface area contributed by atoms with Crippen LogP contribution in [0, 0.1) is 6.92 Å². The van der Waals surface area contributed by atoms with Crippen molar-refractivity contribution in [3.8, 4) is 5.75 Å². The molecule has 2 aromatic rings. The average molecular weight is 397 g/mol. The van der Waals surface area contributed by atoms with E-state index >= 15 is 0 Å². The number of furan rings is 1. The smallest absolute Gasteiger partial charge is 0.295 e. The molecular weight excluding hydrogens is 374 g/mol. The van der Waals surface area contributed by atoms with Crippen LogP contribution in [-0.4, -0.2) is 48.6 Å². The number of benzene rings is 1. The summed E-state index contributed by atoms with van der Waals surface area (Å²) in [5, 5.41) is 11.1. The van der Waals surface area contributed by atoms with Gasteiger partial charge in [0.1, 0.15) is 29.1 Å². The molecule has 3 heterocycles. The summed E-state index contributed by atoms with van der Waals surface area (Å²) in [5.74, 6) is 0.252. The number of methoxy groups -OCH3 is 1. The van der Waals surface area contributed by atoms with Crippen molar-refractivity contribution in [3.63, 3.8) is 0 Å². The molecule has 0 aliphatic carbocycles. The largest absolute Gasteiger partial charge is 0.507 e. The maximum atomic E-state index is 12.9. The van der Waals surface area contributed by atoms with Crippen LogP contribution in [0.3, 0.4) is 0 Å². The lowest BCUT2D eigenvalue weighted by Crippen LogP contribution is -2.32. The zero-order valence-electron chi connectivity index (χ0n) is 16.4. The van der Waals surface area contributed by atoms with Crippen LogP contribution >= 0.6 is 0 Å². The number of hydrogen-bond donors (Lipinski definition) is 1. The highest BCUT2D eigenvalue weighted by atomic mass is 16.5. The second-order valence-corrected chi connectivity index (χ2v) is 7.21. The Bertz CT molecular complexity index is 989. The van der Waals surface area contributed by atoms with Gasteiger partial charge in [0.2, 0.25) is 0 Å². The van der Waals surface area contributed by atoms with E-state index in [1.807, 2.05) is 6.07 Å². The first-order chi connectivity index (χ1) is 14.0. The summed E-state index contributed by atoms with van der Waals surface area (Å²) in [6.07, 6.45) is 1.73. The van der Waals surface area contributed by atoms with Gasteiger partial charge in [0.05, 0.1) is 18.8 Å². The van der Waals surface area contributed by atoms with E-state index in [0.717, 1.165) is 24.2 Å². The molecule has 1 fully saturated rings. The molecule has 29 heavy (non-hydrogen) atoms. The lowest BCUT2D eigenvalue weighted by atomic mass is 9.96. The summed E-state index contributed by atoms with van der Waals surface area (Å²) in [7, 11) is 1.53. The summed E-state index contributed by atoms with van der Waals surface area (Å²) >= 11 is 0. The van der Waals surface area contributed by atoms with Crippen molar-refractivity contribution >= 4 is 17.4 Å². The minimum atomic E-state index is -0.800. The summed E-state index contributed by atoms with van der Waals surface area (Å²) in [5.41, 5.74) is 1.48. The van der Waals surface area contributed by atoms with Gasteiger partial charge in [-0.05, 0) is 55.7 Å². The first-order valence-corrected chi connectivity index (χ1v) is 9.61. The molecule has 7 nitrogen and oxygen atoms in total. The molecule has 1 saturated heterocycles. The molecule has 1 amide bonds. The van der Waals surface area contributed by atoms with E-state index in [-0.39, 0.29) is 24.5 Å². The molecule has 2 aliphatic rings. The number of aliphatic hydroxyl groups excluding tert-OH is 1. The number of carbonyl (C=O) groups excluding carboxylic acids is 2. The molecule has 0 saturated carbocycles. The maximum absolute atomic E-state index is 12.9. The van der Waals surface area contributed by atoms with Crippen LogP contribution in [-0.2, 0) is 20.7 Å². The van der Waals surface area contributed by atoms with Gasteiger partial charge in [-0.25, -0.2) is 0 Å². The summed E-state index contributed by atoms with van der Waals surface area (Å²) in [4.78, 5) is 26.9. The number of nitrogens with zero attached hydrogens (tertiary/aromatic N) is 1. The van der Waals surface area contributed by atoms with Crippen LogP contribution in [0.15, 0.2) is 40.3 Å². The van der Waals surface area contributed by atoms with Crippen molar-refractivity contribution in [1.82, 2.24) is 4.90 Å². The lowest BCUT2D eigenvalue weighted by molar-refractivity contribution is -0.140. The van der Waals surface area contributed by atoms with Crippen LogP contribution < -0.4 is 4.74 Å². The molecule has 4 rings (SSSR count). The fourth-order valence-electron chi connectivity index (χ4n) is 3.86. The number of rotatable bonds is 5. The number of likely N-dealkylation sites (tertiary alicyclic amines) is 1. The normalized spacial score (nSPS) is 20.6. The van der Waals surface area contributed by atoms with E-state index in [4.69, 9.17) is 13.9 Å². The first kappa shape index (κ1) is 19.3. The molecule has 2 aliphatic heterocycles. The summed E-state index contributed by atoms with van der Waals surface area (Å²) in [6, 6.07) is 7.99. The molecule has 0 bridgehead atoms. The Labute approximate surface area is 168 Å². The van der Waals surface area contributed by atoms with Gasteiger partial charge < -0.3 is 23.9 Å². The molecule has 7 heteroatoms. The quantitative estimate of drug-likeness (QED) is 0.474. The van der Waals surface area contributed by atoms with Gasteiger partial charge in [-0.15, -0.1) is 0 Å². The molecule has 0 spiro atoms. The van der Waals surface area contributed by atoms with Crippen molar-refractivity contribution in [2.24, 2.45) is 0 Å². The Kier molecular flexibility index (Phi) is 5.15. The predicted molar refractivity (Wildman–Crippen MR) is 105 cm³/mol. The highest BCUT2D eigenvalue weighted by molar-refractivity contribution is 6.46. The standard InChI is InChI=1S/C22H23NO6/c1-13-5-7-17(29-13)19-18(21(25)22(26)23(19)9-11-27-2)20(24)15-6-8-16-14(12-15)4-3-10-28-16/h5-8,12,19,24H,3-4,9-11H2,1-2H3/b20-18-. The number of ether oxygens (including phenoxy) is 2. The van der Waals surface area contributed by atoms with E-state index in [9.17, 15) is 14.7 Å². The van der Waals surface area contributed by atoms with Crippen molar-refractivity contribution in [2.75, 3.05) is 26.9 Å². The van der Waals surface area contributed by atoms with Gasteiger partial charge in [0.25, 0.3) is 11.7 Å². The van der Waals surface area contributed by atoms with Crippen LogP contribution in [0.4, 0.5) is 0 Å². The minimum absolute atomic E-state index is 0.0251. The van der Waals surface area contributed by atoms with E-state index in [1.54, 1.807) is 31.2 Å². The number of hydrogen-bond acceptors (Lipinski definition) is 6. The van der Waals surface area contributed by atoms with Crippen LogP contribution in [0.1, 0.15) is 35.1 Å². The van der Waals surface area contributed by atoms with E-state index in [2.05, 4.69) is 0 Å². The Balaban J connectivity index is 1.82. The SMILES string of the molecule is COCCN1C(=O)C(=O)/C(=C(\O)c2ccc3c(c2)CCCO3)C1c1ccc(C)o1. The zero-order chi connectivity index (χ0) is 20.5. The molecule has 0 radical (unpaired) electrons. The fraction of sp³-hybridized carbons (Fsp3) is 0.364. The number of fused-ring (bicyclic) bond motifs is 1. The van der Waals surface area contributed by atoms with Gasteiger partial charge in [-0.2, -0.15) is 0 Å². The first-order valence-electron chi connectivity index (χ1n) is 9.61. The average Bonchev–Trinajstić information content (AvgIpc) is 3.27. The number of carbonyl (C=O) groups is 2. The van der Waals surface area contributed by atoms with Gasteiger partial charge in [0.15, 0.2) is 0 Å². The van der Waals surface area contributed by atoms with Crippen LogP contribution in [0.2, 0.25) is 0 Å². The van der Waals surface area contributed by atoms with Crippen LogP contribution in [0.5, 0.6) is 5.75 Å². The fourth-order valence-corrected chi connectivity index (χ4v) is 3.86.